The number of aromatic nitrogens is 3. The van der Waals surface area contributed by atoms with Gasteiger partial charge in [0.2, 0.25) is 0 Å². The van der Waals surface area contributed by atoms with Gasteiger partial charge in [-0.1, -0.05) is 29.8 Å². The van der Waals surface area contributed by atoms with Gasteiger partial charge in [-0.2, -0.15) is 0 Å². The molecule has 0 amide bonds. The summed E-state index contributed by atoms with van der Waals surface area (Å²) in [6.45, 7) is 2.20. The number of rotatable bonds is 5. The van der Waals surface area contributed by atoms with Crippen LogP contribution in [0, 0.1) is 6.92 Å². The van der Waals surface area contributed by atoms with Crippen molar-refractivity contribution < 1.29 is 9.53 Å². The summed E-state index contributed by atoms with van der Waals surface area (Å²) >= 11 is 4.67. The summed E-state index contributed by atoms with van der Waals surface area (Å²) in [5.41, 5.74) is 2.82. The molecule has 0 aliphatic carbocycles. The van der Waals surface area contributed by atoms with Gasteiger partial charge in [-0.05, 0) is 40.5 Å². The second kappa shape index (κ2) is 8.26. The van der Waals surface area contributed by atoms with Gasteiger partial charge >= 0.3 is 5.97 Å². The Morgan fingerprint density at radius 2 is 2.00 bits per heavy atom. The Morgan fingerprint density at radius 1 is 1.21 bits per heavy atom. The van der Waals surface area contributed by atoms with Gasteiger partial charge in [0, 0.05) is 23.7 Å². The number of fused-ring (bicyclic) bond motifs is 1. The number of hydrogen-bond acceptors (Lipinski definition) is 6. The number of esters is 1. The van der Waals surface area contributed by atoms with E-state index in [1.807, 2.05) is 36.6 Å². The fourth-order valence-electron chi connectivity index (χ4n) is 2.91. The SMILES string of the molecule is Cc1ccc(-c2csc3ncn(CCC(=O)Oc4cccnc4Br)c(=O)c23)cc1. The predicted molar refractivity (Wildman–Crippen MR) is 116 cm³/mol. The van der Waals surface area contributed by atoms with Crippen molar-refractivity contribution in [2.75, 3.05) is 0 Å². The van der Waals surface area contributed by atoms with Crippen molar-refractivity contribution in [3.63, 3.8) is 0 Å². The first kappa shape index (κ1) is 19.5. The molecular weight excluding hydrogens is 454 g/mol. The highest BCUT2D eigenvalue weighted by atomic mass is 79.9. The van der Waals surface area contributed by atoms with Crippen molar-refractivity contribution in [1.82, 2.24) is 14.5 Å². The standard InChI is InChI=1S/C21H16BrN3O3S/c1-13-4-6-14(7-5-13)15-11-29-20-18(15)21(27)25(12-24-20)10-8-17(26)28-16-3-2-9-23-19(16)22/h2-7,9,11-12H,8,10H2,1H3. The van der Waals surface area contributed by atoms with E-state index in [-0.39, 0.29) is 18.5 Å². The molecule has 0 spiro atoms. The second-order valence-corrected chi connectivity index (χ2v) is 8.06. The molecule has 4 rings (SSSR count). The number of thiophene rings is 1. The van der Waals surface area contributed by atoms with Crippen LogP contribution < -0.4 is 10.3 Å². The highest BCUT2D eigenvalue weighted by Crippen LogP contribution is 2.30. The molecule has 146 valence electrons. The van der Waals surface area contributed by atoms with Crippen molar-refractivity contribution in [3.8, 4) is 16.9 Å². The molecule has 0 saturated heterocycles. The van der Waals surface area contributed by atoms with Gasteiger partial charge in [-0.3, -0.25) is 14.2 Å². The fraction of sp³-hybridized carbons (Fsp3) is 0.143. The smallest absolute Gasteiger partial charge is 0.313 e. The lowest BCUT2D eigenvalue weighted by atomic mass is 10.1. The molecule has 29 heavy (non-hydrogen) atoms. The molecule has 0 bridgehead atoms. The molecule has 0 aliphatic heterocycles. The molecule has 0 aliphatic rings. The summed E-state index contributed by atoms with van der Waals surface area (Å²) in [5.74, 6) is -0.104. The Balaban J connectivity index is 1.57. The third-order valence-electron chi connectivity index (χ3n) is 4.43. The molecule has 4 aromatic rings. The van der Waals surface area contributed by atoms with Crippen molar-refractivity contribution >= 4 is 43.5 Å². The van der Waals surface area contributed by atoms with Gasteiger partial charge < -0.3 is 4.74 Å². The van der Waals surface area contributed by atoms with Crippen LogP contribution in [0.15, 0.2) is 63.7 Å². The van der Waals surface area contributed by atoms with Crippen LogP contribution in [0.5, 0.6) is 5.75 Å². The zero-order valence-electron chi connectivity index (χ0n) is 15.5. The summed E-state index contributed by atoms with van der Waals surface area (Å²) in [7, 11) is 0. The van der Waals surface area contributed by atoms with E-state index in [4.69, 9.17) is 4.74 Å². The highest BCUT2D eigenvalue weighted by Gasteiger charge is 2.15. The number of carbonyl (C=O) groups is 1. The maximum atomic E-state index is 13.0. The van der Waals surface area contributed by atoms with Crippen LogP contribution in [0.25, 0.3) is 21.3 Å². The van der Waals surface area contributed by atoms with E-state index in [0.717, 1.165) is 16.7 Å². The van der Waals surface area contributed by atoms with Gasteiger partial charge in [-0.25, -0.2) is 9.97 Å². The topological polar surface area (TPSA) is 74.1 Å². The summed E-state index contributed by atoms with van der Waals surface area (Å²) in [6, 6.07) is 11.3. The minimum absolute atomic E-state index is 0.0401. The van der Waals surface area contributed by atoms with E-state index in [0.29, 0.717) is 20.6 Å². The van der Waals surface area contributed by atoms with Gasteiger partial charge in [0.1, 0.15) is 9.43 Å². The van der Waals surface area contributed by atoms with Crippen molar-refractivity contribution in [2.24, 2.45) is 0 Å². The maximum absolute atomic E-state index is 13.0. The molecule has 8 heteroatoms. The molecule has 0 N–H and O–H groups in total. The van der Waals surface area contributed by atoms with E-state index >= 15 is 0 Å². The van der Waals surface area contributed by atoms with Crippen LogP contribution in [-0.2, 0) is 11.3 Å². The van der Waals surface area contributed by atoms with E-state index < -0.39 is 5.97 Å². The van der Waals surface area contributed by atoms with Crippen LogP contribution in [0.3, 0.4) is 0 Å². The molecular formula is C21H16BrN3O3S. The molecule has 0 saturated carbocycles. The van der Waals surface area contributed by atoms with E-state index in [1.54, 1.807) is 18.3 Å². The molecule has 3 aromatic heterocycles. The zero-order chi connectivity index (χ0) is 20.4. The third kappa shape index (κ3) is 4.13. The predicted octanol–water partition coefficient (Wildman–Crippen LogP) is 4.59. The monoisotopic (exact) mass is 469 g/mol. The number of halogens is 1. The molecule has 0 radical (unpaired) electrons. The number of aryl methyl sites for hydroxylation is 2. The highest BCUT2D eigenvalue weighted by molar-refractivity contribution is 9.10. The minimum atomic E-state index is -0.449. The van der Waals surface area contributed by atoms with E-state index in [2.05, 4.69) is 25.9 Å². The Kier molecular flexibility index (Phi) is 5.55. The number of carbonyl (C=O) groups excluding carboxylic acids is 1. The normalized spacial score (nSPS) is 11.0. The summed E-state index contributed by atoms with van der Waals surface area (Å²) in [5, 5.41) is 2.52. The average Bonchev–Trinajstić information content (AvgIpc) is 3.15. The second-order valence-electron chi connectivity index (χ2n) is 6.46. The Labute approximate surface area is 179 Å². The number of ether oxygens (including phenoxy) is 1. The van der Waals surface area contributed by atoms with Gasteiger partial charge in [-0.15, -0.1) is 11.3 Å². The molecule has 0 unspecified atom stereocenters. The zero-order valence-corrected chi connectivity index (χ0v) is 17.9. The first-order valence-corrected chi connectivity index (χ1v) is 10.5. The van der Waals surface area contributed by atoms with Crippen LogP contribution in [0.4, 0.5) is 0 Å². The summed E-state index contributed by atoms with van der Waals surface area (Å²) < 4.78 is 7.21. The number of benzene rings is 1. The van der Waals surface area contributed by atoms with Crippen molar-refractivity contribution in [2.45, 2.75) is 19.9 Å². The average molecular weight is 470 g/mol. The lowest BCUT2D eigenvalue weighted by molar-refractivity contribution is -0.134. The third-order valence-corrected chi connectivity index (χ3v) is 5.91. The largest absolute Gasteiger partial charge is 0.424 e. The van der Waals surface area contributed by atoms with Gasteiger partial charge in [0.25, 0.3) is 5.56 Å². The first-order valence-electron chi connectivity index (χ1n) is 8.88. The van der Waals surface area contributed by atoms with Crippen LogP contribution in [0.2, 0.25) is 0 Å². The quantitative estimate of drug-likeness (QED) is 0.315. The number of pyridine rings is 1. The summed E-state index contributed by atoms with van der Waals surface area (Å²) in [4.78, 5) is 34.3. The van der Waals surface area contributed by atoms with Gasteiger partial charge in [0.05, 0.1) is 18.1 Å². The number of nitrogens with zero attached hydrogens (tertiary/aromatic N) is 3. The van der Waals surface area contributed by atoms with E-state index in [9.17, 15) is 9.59 Å². The molecule has 0 fully saturated rings. The molecule has 0 atom stereocenters. The Hall–Kier alpha value is -2.84. The molecule has 6 nitrogen and oxygen atoms in total. The van der Waals surface area contributed by atoms with Crippen molar-refractivity contribution in [1.29, 1.82) is 0 Å². The minimum Gasteiger partial charge on any atom is -0.424 e. The lowest BCUT2D eigenvalue weighted by Gasteiger charge is -2.08. The fourth-order valence-corrected chi connectivity index (χ4v) is 4.14. The Morgan fingerprint density at radius 3 is 2.76 bits per heavy atom. The van der Waals surface area contributed by atoms with Crippen LogP contribution in [-0.4, -0.2) is 20.5 Å². The van der Waals surface area contributed by atoms with Gasteiger partial charge in [0.15, 0.2) is 5.75 Å². The maximum Gasteiger partial charge on any atom is 0.313 e. The molecule has 3 heterocycles. The lowest BCUT2D eigenvalue weighted by Crippen LogP contribution is -2.23. The summed E-state index contributed by atoms with van der Waals surface area (Å²) in [6.07, 6.45) is 3.11. The molecule has 1 aromatic carbocycles. The van der Waals surface area contributed by atoms with Crippen LogP contribution >= 0.6 is 27.3 Å². The Bertz CT molecular complexity index is 1250. The van der Waals surface area contributed by atoms with Crippen molar-refractivity contribution in [3.05, 3.63) is 74.8 Å². The number of hydrogen-bond donors (Lipinski definition) is 0. The first-order chi connectivity index (χ1) is 14.0. The van der Waals surface area contributed by atoms with E-state index in [1.165, 1.54) is 22.2 Å². The van der Waals surface area contributed by atoms with Crippen LogP contribution in [0.1, 0.15) is 12.0 Å².